The third-order valence-electron chi connectivity index (χ3n) is 3.50. The molecule has 1 saturated heterocycles. The molecule has 0 aromatic heterocycles. The number of carbonyl (C=O) groups is 3. The molecule has 0 radical (unpaired) electrons. The van der Waals surface area contributed by atoms with E-state index in [1.54, 1.807) is 45.0 Å². The van der Waals surface area contributed by atoms with Gasteiger partial charge in [0.15, 0.2) is 5.78 Å². The molecule has 0 saturated carbocycles. The van der Waals surface area contributed by atoms with Crippen molar-refractivity contribution in [1.82, 2.24) is 4.90 Å². The number of nitriles is 1. The van der Waals surface area contributed by atoms with Crippen LogP contribution < -0.4 is 5.32 Å². The Labute approximate surface area is 150 Å². The van der Waals surface area contributed by atoms with Gasteiger partial charge in [-0.25, -0.2) is 0 Å². The number of nitrogens with zero attached hydrogens (tertiary/aromatic N) is 2. The highest BCUT2D eigenvalue weighted by molar-refractivity contribution is 8.04. The maximum absolute atomic E-state index is 12.2. The minimum Gasteiger partial charge on any atom is -0.325 e. The number of rotatable bonds is 4. The third-order valence-corrected chi connectivity index (χ3v) is 4.53. The molecule has 0 atom stereocenters. The van der Waals surface area contributed by atoms with Crippen LogP contribution in [0.25, 0.3) is 0 Å². The zero-order valence-corrected chi connectivity index (χ0v) is 15.1. The monoisotopic (exact) mass is 357 g/mol. The molecule has 0 aliphatic carbocycles. The molecule has 1 heterocycles. The Morgan fingerprint density at radius 3 is 2.52 bits per heavy atom. The van der Waals surface area contributed by atoms with Crippen molar-refractivity contribution in [2.24, 2.45) is 5.41 Å². The second-order valence-electron chi connectivity index (χ2n) is 6.60. The molecule has 1 aromatic carbocycles. The lowest BCUT2D eigenvalue weighted by atomic mass is 9.91. The Morgan fingerprint density at radius 2 is 1.96 bits per heavy atom. The van der Waals surface area contributed by atoms with Crippen molar-refractivity contribution in [3.8, 4) is 6.07 Å². The molecule has 1 fully saturated rings. The van der Waals surface area contributed by atoms with Crippen LogP contribution in [0.15, 0.2) is 35.4 Å². The molecule has 1 aliphatic rings. The Kier molecular flexibility index (Phi) is 5.65. The number of hydrogen-bond donors (Lipinski definition) is 1. The number of hydrogen-bond acceptors (Lipinski definition) is 5. The minimum absolute atomic E-state index is 0.0952. The molecule has 1 N–H and O–H groups in total. The highest BCUT2D eigenvalue weighted by Crippen LogP contribution is 2.30. The predicted octanol–water partition coefficient (Wildman–Crippen LogP) is 2.53. The molecule has 2 amide bonds. The van der Waals surface area contributed by atoms with E-state index >= 15 is 0 Å². The van der Waals surface area contributed by atoms with E-state index < -0.39 is 5.41 Å². The topological polar surface area (TPSA) is 90.3 Å². The van der Waals surface area contributed by atoms with E-state index in [0.29, 0.717) is 16.3 Å². The van der Waals surface area contributed by atoms with Crippen LogP contribution in [0.4, 0.5) is 5.69 Å². The largest absolute Gasteiger partial charge is 0.325 e. The van der Waals surface area contributed by atoms with E-state index in [9.17, 15) is 14.4 Å². The first-order valence-electron chi connectivity index (χ1n) is 7.70. The second-order valence-corrected chi connectivity index (χ2v) is 7.60. The summed E-state index contributed by atoms with van der Waals surface area (Å²) in [7, 11) is 0. The second kappa shape index (κ2) is 7.53. The van der Waals surface area contributed by atoms with Crippen molar-refractivity contribution in [2.75, 3.05) is 17.6 Å². The van der Waals surface area contributed by atoms with Gasteiger partial charge in [0.05, 0.1) is 22.4 Å². The maximum Gasteiger partial charge on any atom is 0.244 e. The molecule has 6 nitrogen and oxygen atoms in total. The fourth-order valence-corrected chi connectivity index (χ4v) is 2.94. The van der Waals surface area contributed by atoms with Gasteiger partial charge in [-0.3, -0.25) is 19.3 Å². The third kappa shape index (κ3) is 4.94. The van der Waals surface area contributed by atoms with E-state index in [0.717, 1.165) is 0 Å². The number of anilines is 1. The molecule has 0 bridgehead atoms. The summed E-state index contributed by atoms with van der Waals surface area (Å²) in [6.45, 7) is 5.25. The van der Waals surface area contributed by atoms with Gasteiger partial charge in [-0.15, -0.1) is 0 Å². The first kappa shape index (κ1) is 18.7. The Bertz CT molecular complexity index is 770. The van der Waals surface area contributed by atoms with Gasteiger partial charge >= 0.3 is 0 Å². The van der Waals surface area contributed by atoms with Crippen LogP contribution in [0.2, 0.25) is 0 Å². The zero-order chi connectivity index (χ0) is 18.6. The van der Waals surface area contributed by atoms with Crippen molar-refractivity contribution in [3.63, 3.8) is 0 Å². The molecule has 1 aliphatic heterocycles. The van der Waals surface area contributed by atoms with E-state index in [-0.39, 0.29) is 29.9 Å². The van der Waals surface area contributed by atoms with E-state index in [2.05, 4.69) is 5.32 Å². The lowest BCUT2D eigenvalue weighted by Gasteiger charge is -2.19. The van der Waals surface area contributed by atoms with Crippen molar-refractivity contribution in [3.05, 3.63) is 40.9 Å². The van der Waals surface area contributed by atoms with Crippen LogP contribution in [0.3, 0.4) is 0 Å². The quantitative estimate of drug-likeness (QED) is 0.836. The van der Waals surface area contributed by atoms with Crippen LogP contribution in [0.5, 0.6) is 0 Å². The summed E-state index contributed by atoms with van der Waals surface area (Å²) < 4.78 is 0. The fourth-order valence-electron chi connectivity index (χ4n) is 2.00. The van der Waals surface area contributed by atoms with E-state index in [4.69, 9.17) is 5.26 Å². The summed E-state index contributed by atoms with van der Waals surface area (Å²) in [6.07, 6.45) is 1.44. The Balaban J connectivity index is 2.06. The van der Waals surface area contributed by atoms with Crippen molar-refractivity contribution in [1.29, 1.82) is 5.26 Å². The predicted molar refractivity (Wildman–Crippen MR) is 96.5 cm³/mol. The van der Waals surface area contributed by atoms with Crippen LogP contribution in [-0.2, 0) is 14.4 Å². The highest BCUT2D eigenvalue weighted by atomic mass is 32.2. The summed E-state index contributed by atoms with van der Waals surface area (Å²) in [4.78, 5) is 37.7. The molecule has 0 unspecified atom stereocenters. The van der Waals surface area contributed by atoms with Gasteiger partial charge in [-0.05, 0) is 24.3 Å². The molecular weight excluding hydrogens is 338 g/mol. The number of allylic oxidation sites excluding steroid dienone is 1. The van der Waals surface area contributed by atoms with E-state index in [1.165, 1.54) is 22.7 Å². The minimum atomic E-state index is -0.546. The average Bonchev–Trinajstić information content (AvgIpc) is 2.88. The van der Waals surface area contributed by atoms with Crippen molar-refractivity contribution >= 4 is 35.0 Å². The fraction of sp³-hybridized carbons (Fsp3) is 0.333. The molecule has 130 valence electrons. The highest BCUT2D eigenvalue weighted by Gasteiger charge is 2.30. The smallest absolute Gasteiger partial charge is 0.244 e. The summed E-state index contributed by atoms with van der Waals surface area (Å²) in [5, 5.41) is 12.0. The van der Waals surface area contributed by atoms with Crippen molar-refractivity contribution in [2.45, 2.75) is 20.8 Å². The summed E-state index contributed by atoms with van der Waals surface area (Å²) in [5.41, 5.74) is 0.491. The van der Waals surface area contributed by atoms with Crippen LogP contribution in [-0.4, -0.2) is 34.8 Å². The van der Waals surface area contributed by atoms with Gasteiger partial charge in [0.1, 0.15) is 6.54 Å². The number of nitrogens with one attached hydrogen (secondary N) is 1. The Morgan fingerprint density at radius 1 is 1.32 bits per heavy atom. The molecule has 25 heavy (non-hydrogen) atoms. The van der Waals surface area contributed by atoms with Gasteiger partial charge in [0, 0.05) is 17.2 Å². The first-order chi connectivity index (χ1) is 11.7. The lowest BCUT2D eigenvalue weighted by molar-refractivity contribution is -0.129. The lowest BCUT2D eigenvalue weighted by Crippen LogP contribution is -2.34. The Hall–Kier alpha value is -2.59. The molecule has 0 spiro atoms. The van der Waals surface area contributed by atoms with Crippen LogP contribution in [0.1, 0.15) is 26.3 Å². The summed E-state index contributed by atoms with van der Waals surface area (Å²) >= 11 is 1.26. The molecule has 7 heteroatoms. The zero-order valence-electron chi connectivity index (χ0n) is 14.3. The van der Waals surface area contributed by atoms with Crippen molar-refractivity contribution < 1.29 is 14.4 Å². The maximum atomic E-state index is 12.2. The SMILES string of the molecule is CC(C)(C)C(=O)/C=C1\SCC(=O)N1CC(=O)Nc1ccc(C#N)cc1. The van der Waals surface area contributed by atoms with Crippen LogP contribution in [0, 0.1) is 16.7 Å². The average molecular weight is 357 g/mol. The number of thioether (sulfide) groups is 1. The van der Waals surface area contributed by atoms with Crippen LogP contribution >= 0.6 is 11.8 Å². The van der Waals surface area contributed by atoms with Gasteiger partial charge in [0.25, 0.3) is 0 Å². The standard InChI is InChI=1S/C18H19N3O3S/c1-18(2,3)14(22)8-17-21(16(24)11-25-17)10-15(23)20-13-6-4-12(9-19)5-7-13/h4-8H,10-11H2,1-3H3,(H,20,23)/b17-8-. The van der Waals surface area contributed by atoms with Gasteiger partial charge < -0.3 is 5.32 Å². The normalized spacial score (nSPS) is 16.0. The molecule has 2 rings (SSSR count). The summed E-state index contributed by atoms with van der Waals surface area (Å²) in [6, 6.07) is 8.44. The van der Waals surface area contributed by atoms with Gasteiger partial charge in [-0.2, -0.15) is 5.26 Å². The number of amides is 2. The summed E-state index contributed by atoms with van der Waals surface area (Å²) in [5.74, 6) is -0.447. The number of carbonyl (C=O) groups excluding carboxylic acids is 3. The number of ketones is 1. The molecular formula is C18H19N3O3S. The molecule has 1 aromatic rings. The van der Waals surface area contributed by atoms with Gasteiger partial charge in [-0.1, -0.05) is 32.5 Å². The van der Waals surface area contributed by atoms with Gasteiger partial charge in [0.2, 0.25) is 11.8 Å². The van der Waals surface area contributed by atoms with E-state index in [1.807, 2.05) is 6.07 Å². The first-order valence-corrected chi connectivity index (χ1v) is 8.68. The number of benzene rings is 1.